The zero-order chi connectivity index (χ0) is 16.2. The van der Waals surface area contributed by atoms with Gasteiger partial charge >= 0.3 is 6.03 Å². The van der Waals surface area contributed by atoms with E-state index in [2.05, 4.69) is 22.9 Å². The van der Waals surface area contributed by atoms with Crippen molar-refractivity contribution in [2.24, 2.45) is 5.92 Å². The van der Waals surface area contributed by atoms with E-state index in [4.69, 9.17) is 0 Å². The Morgan fingerprint density at radius 2 is 1.96 bits per heavy atom. The molecule has 0 atom stereocenters. The van der Waals surface area contributed by atoms with Crippen molar-refractivity contribution < 1.29 is 14.4 Å². The van der Waals surface area contributed by atoms with Crippen LogP contribution >= 0.6 is 12.4 Å². The third-order valence-corrected chi connectivity index (χ3v) is 4.78. The van der Waals surface area contributed by atoms with E-state index in [1.807, 2.05) is 0 Å². The van der Waals surface area contributed by atoms with Crippen LogP contribution in [0.15, 0.2) is 0 Å². The summed E-state index contributed by atoms with van der Waals surface area (Å²) in [5, 5.41) is 8.43. The Bertz CT molecular complexity index is 450. The molecule has 0 unspecified atom stereocenters. The lowest BCUT2D eigenvalue weighted by Gasteiger charge is -2.34. The molecule has 1 spiro atoms. The van der Waals surface area contributed by atoms with Gasteiger partial charge < -0.3 is 16.0 Å². The van der Waals surface area contributed by atoms with Gasteiger partial charge in [-0.05, 0) is 38.6 Å². The Labute approximate surface area is 143 Å². The smallest absolute Gasteiger partial charge is 0.325 e. The Hall–Kier alpha value is -1.34. The van der Waals surface area contributed by atoms with Gasteiger partial charge in [0.2, 0.25) is 5.91 Å². The highest BCUT2D eigenvalue weighted by atomic mass is 35.5. The fraction of sp³-hybridized carbons (Fsp3) is 0.800. The lowest BCUT2D eigenvalue weighted by molar-refractivity contribution is -0.136. The fourth-order valence-electron chi connectivity index (χ4n) is 3.26. The maximum Gasteiger partial charge on any atom is 0.325 e. The van der Waals surface area contributed by atoms with E-state index in [-0.39, 0.29) is 30.8 Å². The number of urea groups is 1. The summed E-state index contributed by atoms with van der Waals surface area (Å²) in [5.41, 5.74) is -0.770. The first-order valence-electron chi connectivity index (χ1n) is 8.08. The molecule has 0 aromatic rings. The van der Waals surface area contributed by atoms with E-state index >= 15 is 0 Å². The Morgan fingerprint density at radius 3 is 2.52 bits per heavy atom. The monoisotopic (exact) mass is 346 g/mol. The third-order valence-electron chi connectivity index (χ3n) is 4.78. The molecule has 1 aliphatic heterocycles. The molecule has 2 rings (SSSR count). The van der Waals surface area contributed by atoms with Gasteiger partial charge in [-0.1, -0.05) is 13.3 Å². The largest absolute Gasteiger partial charge is 0.353 e. The first kappa shape index (κ1) is 19.7. The van der Waals surface area contributed by atoms with Gasteiger partial charge in [0.25, 0.3) is 5.91 Å². The molecule has 1 saturated carbocycles. The quantitative estimate of drug-likeness (QED) is 0.486. The second-order valence-electron chi connectivity index (χ2n) is 6.21. The van der Waals surface area contributed by atoms with Crippen LogP contribution in [-0.2, 0) is 9.59 Å². The van der Waals surface area contributed by atoms with Crippen molar-refractivity contribution in [2.45, 2.75) is 44.6 Å². The molecule has 8 heteroatoms. The molecule has 3 N–H and O–H groups in total. The summed E-state index contributed by atoms with van der Waals surface area (Å²) >= 11 is 0. The zero-order valence-corrected chi connectivity index (χ0v) is 14.6. The van der Waals surface area contributed by atoms with E-state index < -0.39 is 11.6 Å². The van der Waals surface area contributed by atoms with Gasteiger partial charge in [0.15, 0.2) is 0 Å². The minimum absolute atomic E-state index is 0. The van der Waals surface area contributed by atoms with Crippen LogP contribution in [0.1, 0.15) is 39.0 Å². The zero-order valence-electron chi connectivity index (χ0n) is 13.8. The normalized spacial score (nSPS) is 26.9. The molecule has 7 nitrogen and oxygen atoms in total. The van der Waals surface area contributed by atoms with E-state index in [0.717, 1.165) is 24.2 Å². The van der Waals surface area contributed by atoms with Crippen molar-refractivity contribution in [2.75, 3.05) is 26.7 Å². The number of rotatable bonds is 6. The summed E-state index contributed by atoms with van der Waals surface area (Å²) < 4.78 is 0. The van der Waals surface area contributed by atoms with E-state index in [1.54, 1.807) is 7.05 Å². The summed E-state index contributed by atoms with van der Waals surface area (Å²) in [5.74, 6) is 0.0862. The van der Waals surface area contributed by atoms with Crippen molar-refractivity contribution >= 4 is 30.3 Å². The van der Waals surface area contributed by atoms with Crippen LogP contribution in [0.25, 0.3) is 0 Å². The number of imide groups is 1. The Morgan fingerprint density at radius 1 is 1.30 bits per heavy atom. The molecule has 2 aliphatic rings. The topological polar surface area (TPSA) is 90.5 Å². The van der Waals surface area contributed by atoms with Gasteiger partial charge in [-0.15, -0.1) is 12.4 Å². The van der Waals surface area contributed by atoms with Gasteiger partial charge in [-0.2, -0.15) is 0 Å². The van der Waals surface area contributed by atoms with Crippen LogP contribution in [0.4, 0.5) is 4.79 Å². The average molecular weight is 347 g/mol. The number of hydrogen-bond donors (Lipinski definition) is 3. The molecule has 23 heavy (non-hydrogen) atoms. The maximum atomic E-state index is 12.6. The SMILES string of the molecule is CCC1CCC2(CC1)NC(=O)N(CC(=O)NCCNC)C2=O.Cl. The van der Waals surface area contributed by atoms with Crippen LogP contribution in [0, 0.1) is 5.92 Å². The molecule has 4 amide bonds. The predicted molar refractivity (Wildman–Crippen MR) is 89.4 cm³/mol. The first-order valence-corrected chi connectivity index (χ1v) is 8.08. The lowest BCUT2D eigenvalue weighted by Crippen LogP contribution is -2.50. The van der Waals surface area contributed by atoms with Gasteiger partial charge in [0, 0.05) is 13.1 Å². The summed E-state index contributed by atoms with van der Waals surface area (Å²) in [7, 11) is 1.79. The first-order chi connectivity index (χ1) is 10.5. The second-order valence-corrected chi connectivity index (χ2v) is 6.21. The Balaban J connectivity index is 0.00000264. The number of hydrogen-bond acceptors (Lipinski definition) is 4. The highest BCUT2D eigenvalue weighted by Gasteiger charge is 2.52. The van der Waals surface area contributed by atoms with Crippen molar-refractivity contribution in [3.8, 4) is 0 Å². The van der Waals surface area contributed by atoms with Crippen LogP contribution in [-0.4, -0.2) is 55.0 Å². The molecule has 0 aromatic heterocycles. The molecule has 1 saturated heterocycles. The number of nitrogens with zero attached hydrogens (tertiary/aromatic N) is 1. The average Bonchev–Trinajstić information content (AvgIpc) is 2.73. The van der Waals surface area contributed by atoms with E-state index in [0.29, 0.717) is 31.8 Å². The minimum atomic E-state index is -0.770. The predicted octanol–water partition coefficient (Wildman–Crippen LogP) is 0.635. The van der Waals surface area contributed by atoms with Gasteiger partial charge in [-0.25, -0.2) is 4.79 Å². The van der Waals surface area contributed by atoms with Crippen LogP contribution in [0.5, 0.6) is 0 Å². The van der Waals surface area contributed by atoms with Crippen LogP contribution in [0.2, 0.25) is 0 Å². The number of halogens is 1. The highest BCUT2D eigenvalue weighted by molar-refractivity contribution is 6.09. The molecule has 1 heterocycles. The number of nitrogens with one attached hydrogen (secondary N) is 3. The summed E-state index contributed by atoms with van der Waals surface area (Å²) in [4.78, 5) is 37.6. The van der Waals surface area contributed by atoms with Crippen molar-refractivity contribution in [3.05, 3.63) is 0 Å². The van der Waals surface area contributed by atoms with Crippen LogP contribution in [0.3, 0.4) is 0 Å². The van der Waals surface area contributed by atoms with Crippen molar-refractivity contribution in [1.29, 1.82) is 0 Å². The fourth-order valence-corrected chi connectivity index (χ4v) is 3.26. The summed E-state index contributed by atoms with van der Waals surface area (Å²) in [6.07, 6.45) is 4.35. The van der Waals surface area contributed by atoms with Gasteiger partial charge in [0.05, 0.1) is 0 Å². The molecular formula is C15H27ClN4O3. The van der Waals surface area contributed by atoms with E-state index in [9.17, 15) is 14.4 Å². The van der Waals surface area contributed by atoms with Gasteiger partial charge in [-0.3, -0.25) is 14.5 Å². The van der Waals surface area contributed by atoms with Gasteiger partial charge in [0.1, 0.15) is 12.1 Å². The summed E-state index contributed by atoms with van der Waals surface area (Å²) in [6, 6.07) is -0.441. The van der Waals surface area contributed by atoms with Crippen molar-refractivity contribution in [3.63, 3.8) is 0 Å². The number of carbonyl (C=O) groups is 3. The molecule has 0 radical (unpaired) electrons. The number of amides is 4. The molecule has 0 aromatic carbocycles. The number of carbonyl (C=O) groups excluding carboxylic acids is 3. The maximum absolute atomic E-state index is 12.6. The Kier molecular flexibility index (Phi) is 7.28. The third kappa shape index (κ3) is 4.35. The van der Waals surface area contributed by atoms with Crippen LogP contribution < -0.4 is 16.0 Å². The molecule has 132 valence electrons. The molecular weight excluding hydrogens is 320 g/mol. The second kappa shape index (κ2) is 8.49. The highest BCUT2D eigenvalue weighted by Crippen LogP contribution is 2.37. The molecule has 0 bridgehead atoms. The van der Waals surface area contributed by atoms with Crippen molar-refractivity contribution in [1.82, 2.24) is 20.9 Å². The molecule has 1 aliphatic carbocycles. The molecule has 2 fully saturated rings. The minimum Gasteiger partial charge on any atom is -0.353 e. The lowest BCUT2D eigenvalue weighted by atomic mass is 9.75. The van der Waals surface area contributed by atoms with E-state index in [1.165, 1.54) is 0 Å². The summed E-state index contributed by atoms with van der Waals surface area (Å²) in [6.45, 7) is 3.07. The standard InChI is InChI=1S/C15H26N4O3.ClH/c1-3-11-4-6-15(7-5-11)13(21)19(14(22)18-15)10-12(20)17-9-8-16-2;/h11,16H,3-10H2,1-2H3,(H,17,20)(H,18,22);1H. The number of likely N-dealkylation sites (N-methyl/N-ethyl adjacent to an activating group) is 1.